The Morgan fingerprint density at radius 1 is 0.842 bits per heavy atom. The Morgan fingerprint density at radius 3 is 1.95 bits per heavy atom. The molecule has 100 valence electrons. The average Bonchev–Trinajstić information content (AvgIpc) is 2.39. The van der Waals surface area contributed by atoms with Gasteiger partial charge in [0.25, 0.3) is 0 Å². The summed E-state index contributed by atoms with van der Waals surface area (Å²) < 4.78 is 27.5. The third-order valence-corrected chi connectivity index (χ3v) is 3.52. The van der Waals surface area contributed by atoms with E-state index >= 15 is 0 Å². The third kappa shape index (κ3) is 3.19. The molecular weight excluding hydrogens is 242 g/mol. The second-order valence-electron chi connectivity index (χ2n) is 5.17. The third-order valence-electron chi connectivity index (χ3n) is 3.52. The minimum absolute atomic E-state index is 0.118. The van der Waals surface area contributed by atoms with Gasteiger partial charge in [0.2, 0.25) is 0 Å². The Balaban J connectivity index is 2.33. The molecule has 0 radical (unpaired) electrons. The molecule has 0 heterocycles. The van der Waals surface area contributed by atoms with Crippen molar-refractivity contribution in [2.24, 2.45) is 5.92 Å². The molecule has 0 aliphatic heterocycles. The smallest absolute Gasteiger partial charge is 0.129 e. The Bertz CT molecular complexity index is 512. The van der Waals surface area contributed by atoms with Crippen molar-refractivity contribution >= 4 is 0 Å². The molecule has 0 aliphatic rings. The fourth-order valence-corrected chi connectivity index (χ4v) is 2.39. The lowest BCUT2D eigenvalue weighted by molar-refractivity contribution is 0.467. The lowest BCUT2D eigenvalue weighted by Crippen LogP contribution is -2.12. The maximum absolute atomic E-state index is 13.7. The standard InChI is InChI=1S/C17H18F2/c1-12(2)14(13-7-4-3-5-8-13)11-15-16(18)9-6-10-17(15)19/h3-10,12,14H,11H2,1-2H3. The summed E-state index contributed by atoms with van der Waals surface area (Å²) in [4.78, 5) is 0. The van der Waals surface area contributed by atoms with Crippen molar-refractivity contribution in [3.63, 3.8) is 0 Å². The molecule has 0 aromatic heterocycles. The molecule has 1 atom stereocenters. The topological polar surface area (TPSA) is 0 Å². The van der Waals surface area contributed by atoms with E-state index in [9.17, 15) is 8.78 Å². The summed E-state index contributed by atoms with van der Waals surface area (Å²) in [6, 6.07) is 13.9. The highest BCUT2D eigenvalue weighted by Gasteiger charge is 2.20. The second kappa shape index (κ2) is 5.96. The molecule has 2 heteroatoms. The van der Waals surface area contributed by atoms with Crippen LogP contribution in [-0.2, 0) is 6.42 Å². The zero-order valence-electron chi connectivity index (χ0n) is 11.2. The van der Waals surface area contributed by atoms with Crippen LogP contribution in [0.25, 0.3) is 0 Å². The van der Waals surface area contributed by atoms with Gasteiger partial charge in [-0.25, -0.2) is 8.78 Å². The van der Waals surface area contributed by atoms with Crippen LogP contribution < -0.4 is 0 Å². The van der Waals surface area contributed by atoms with E-state index in [0.717, 1.165) is 5.56 Å². The van der Waals surface area contributed by atoms with Crippen molar-refractivity contribution in [3.05, 3.63) is 71.3 Å². The molecule has 0 bridgehead atoms. The minimum Gasteiger partial charge on any atom is -0.207 e. The minimum atomic E-state index is -0.457. The van der Waals surface area contributed by atoms with Gasteiger partial charge in [0, 0.05) is 5.56 Å². The number of benzene rings is 2. The number of rotatable bonds is 4. The van der Waals surface area contributed by atoms with Gasteiger partial charge in [0.1, 0.15) is 11.6 Å². The molecule has 19 heavy (non-hydrogen) atoms. The summed E-state index contributed by atoms with van der Waals surface area (Å²) in [5, 5.41) is 0. The molecule has 0 nitrogen and oxygen atoms in total. The molecule has 2 aromatic carbocycles. The predicted octanol–water partition coefficient (Wildman–Crippen LogP) is 4.95. The van der Waals surface area contributed by atoms with Crippen LogP contribution in [-0.4, -0.2) is 0 Å². The van der Waals surface area contributed by atoms with Crippen molar-refractivity contribution in [1.82, 2.24) is 0 Å². The lowest BCUT2D eigenvalue weighted by atomic mass is 9.83. The van der Waals surface area contributed by atoms with E-state index < -0.39 is 11.6 Å². The van der Waals surface area contributed by atoms with Gasteiger partial charge in [-0.1, -0.05) is 50.2 Å². The van der Waals surface area contributed by atoms with Crippen LogP contribution >= 0.6 is 0 Å². The average molecular weight is 260 g/mol. The fraction of sp³-hybridized carbons (Fsp3) is 0.294. The van der Waals surface area contributed by atoms with Gasteiger partial charge in [-0.2, -0.15) is 0 Å². The summed E-state index contributed by atoms with van der Waals surface area (Å²) in [5.74, 6) is -0.475. The molecule has 0 fully saturated rings. The van der Waals surface area contributed by atoms with Crippen LogP contribution in [0.1, 0.15) is 30.9 Å². The van der Waals surface area contributed by atoms with Gasteiger partial charge in [0.15, 0.2) is 0 Å². The van der Waals surface area contributed by atoms with Crippen LogP contribution in [0, 0.1) is 17.6 Å². The molecule has 0 N–H and O–H groups in total. The molecular formula is C17H18F2. The molecule has 0 spiro atoms. The maximum atomic E-state index is 13.7. The van der Waals surface area contributed by atoms with Crippen LogP contribution in [0.2, 0.25) is 0 Å². The highest BCUT2D eigenvalue weighted by atomic mass is 19.1. The molecule has 0 saturated heterocycles. The first-order valence-corrected chi connectivity index (χ1v) is 6.57. The summed E-state index contributed by atoms with van der Waals surface area (Å²) in [6.07, 6.45) is 0.389. The highest BCUT2D eigenvalue weighted by molar-refractivity contribution is 5.26. The quantitative estimate of drug-likeness (QED) is 0.730. The Morgan fingerprint density at radius 2 is 1.42 bits per heavy atom. The first-order chi connectivity index (χ1) is 9.09. The fourth-order valence-electron chi connectivity index (χ4n) is 2.39. The van der Waals surface area contributed by atoms with Gasteiger partial charge < -0.3 is 0 Å². The summed E-state index contributed by atoms with van der Waals surface area (Å²) in [7, 11) is 0. The molecule has 1 unspecified atom stereocenters. The van der Waals surface area contributed by atoms with Gasteiger partial charge in [0.05, 0.1) is 0 Å². The largest absolute Gasteiger partial charge is 0.207 e. The van der Waals surface area contributed by atoms with Crippen LogP contribution in [0.15, 0.2) is 48.5 Å². The van der Waals surface area contributed by atoms with Gasteiger partial charge in [-0.3, -0.25) is 0 Å². The maximum Gasteiger partial charge on any atom is 0.129 e. The van der Waals surface area contributed by atoms with Crippen molar-refractivity contribution in [2.45, 2.75) is 26.2 Å². The highest BCUT2D eigenvalue weighted by Crippen LogP contribution is 2.30. The predicted molar refractivity (Wildman–Crippen MR) is 74.1 cm³/mol. The Labute approximate surface area is 113 Å². The van der Waals surface area contributed by atoms with Crippen molar-refractivity contribution in [3.8, 4) is 0 Å². The van der Waals surface area contributed by atoms with Crippen molar-refractivity contribution < 1.29 is 8.78 Å². The Hall–Kier alpha value is -1.70. The zero-order valence-corrected chi connectivity index (χ0v) is 11.2. The molecule has 0 saturated carbocycles. The van der Waals surface area contributed by atoms with E-state index in [0.29, 0.717) is 12.3 Å². The zero-order chi connectivity index (χ0) is 13.8. The van der Waals surface area contributed by atoms with Crippen molar-refractivity contribution in [2.75, 3.05) is 0 Å². The molecule has 2 rings (SSSR count). The van der Waals surface area contributed by atoms with E-state index in [-0.39, 0.29) is 11.5 Å². The van der Waals surface area contributed by atoms with E-state index in [1.807, 2.05) is 30.3 Å². The van der Waals surface area contributed by atoms with Gasteiger partial charge >= 0.3 is 0 Å². The number of hydrogen-bond donors (Lipinski definition) is 0. The van der Waals surface area contributed by atoms with Crippen LogP contribution in [0.4, 0.5) is 8.78 Å². The summed E-state index contributed by atoms with van der Waals surface area (Å²) in [5.41, 5.74) is 1.31. The number of hydrogen-bond acceptors (Lipinski definition) is 0. The van der Waals surface area contributed by atoms with E-state index in [1.54, 1.807) is 0 Å². The van der Waals surface area contributed by atoms with E-state index in [4.69, 9.17) is 0 Å². The van der Waals surface area contributed by atoms with Crippen molar-refractivity contribution in [1.29, 1.82) is 0 Å². The van der Waals surface area contributed by atoms with Crippen LogP contribution in [0.3, 0.4) is 0 Å². The normalized spacial score (nSPS) is 12.7. The second-order valence-corrected chi connectivity index (χ2v) is 5.17. The summed E-state index contributed by atoms with van der Waals surface area (Å²) >= 11 is 0. The van der Waals surface area contributed by atoms with E-state index in [2.05, 4.69) is 13.8 Å². The van der Waals surface area contributed by atoms with Gasteiger partial charge in [-0.05, 0) is 36.0 Å². The monoisotopic (exact) mass is 260 g/mol. The molecule has 2 aromatic rings. The molecule has 0 aliphatic carbocycles. The number of halogens is 2. The van der Waals surface area contributed by atoms with Crippen LogP contribution in [0.5, 0.6) is 0 Å². The SMILES string of the molecule is CC(C)C(Cc1c(F)cccc1F)c1ccccc1. The summed E-state index contributed by atoms with van der Waals surface area (Å²) in [6.45, 7) is 4.16. The first kappa shape index (κ1) is 13.7. The first-order valence-electron chi connectivity index (χ1n) is 6.57. The van der Waals surface area contributed by atoms with Gasteiger partial charge in [-0.15, -0.1) is 0 Å². The molecule has 0 amide bonds. The Kier molecular flexibility index (Phi) is 4.31. The van der Waals surface area contributed by atoms with E-state index in [1.165, 1.54) is 18.2 Å². The lowest BCUT2D eigenvalue weighted by Gasteiger charge is -2.22.